The molecule has 2 bridgehead atoms. The number of rotatable bonds is 10. The minimum atomic E-state index is -1.98. The van der Waals surface area contributed by atoms with E-state index in [-0.39, 0.29) is 12.8 Å². The van der Waals surface area contributed by atoms with E-state index in [0.717, 1.165) is 25.7 Å². The molecule has 0 aliphatic carbocycles. The van der Waals surface area contributed by atoms with Crippen molar-refractivity contribution in [2.45, 2.75) is 95.4 Å². The van der Waals surface area contributed by atoms with Gasteiger partial charge in [0.15, 0.2) is 6.10 Å². The van der Waals surface area contributed by atoms with Crippen LogP contribution in [0, 0.1) is 5.92 Å². The lowest BCUT2D eigenvalue weighted by Crippen LogP contribution is -2.67. The van der Waals surface area contributed by atoms with E-state index in [9.17, 15) is 19.8 Å². The van der Waals surface area contributed by atoms with Gasteiger partial charge < -0.3 is 29.5 Å². The molecule has 2 heterocycles. The Bertz CT molecular complexity index is 510. The van der Waals surface area contributed by atoms with Crippen LogP contribution in [-0.4, -0.2) is 64.1 Å². The molecular formula is C19H32O8. The Morgan fingerprint density at radius 3 is 2.63 bits per heavy atom. The molecule has 0 aromatic rings. The van der Waals surface area contributed by atoms with E-state index < -0.39 is 54.7 Å². The molecule has 2 rings (SSSR count). The third-order valence-electron chi connectivity index (χ3n) is 5.39. The first-order valence-corrected chi connectivity index (χ1v) is 9.92. The molecule has 8 heteroatoms. The topological polar surface area (TPSA) is 123 Å². The number of aliphatic hydroxyl groups excluding tert-OH is 3. The number of hydrogen-bond acceptors (Lipinski definition) is 8. The lowest BCUT2D eigenvalue weighted by Gasteiger charge is -2.50. The fourth-order valence-electron chi connectivity index (χ4n) is 3.63. The maximum Gasteiger partial charge on any atom is 0.380 e. The summed E-state index contributed by atoms with van der Waals surface area (Å²) in [7, 11) is 0. The van der Waals surface area contributed by atoms with Crippen LogP contribution >= 0.6 is 0 Å². The zero-order valence-corrected chi connectivity index (χ0v) is 16.1. The van der Waals surface area contributed by atoms with Gasteiger partial charge in [0.1, 0.15) is 12.2 Å². The zero-order valence-electron chi connectivity index (χ0n) is 16.1. The standard InChI is InChI=1S/C19H32O8/c1-3-4-5-6-7-8-9-15(23)26-19-10-13(21)12(2)16(27-19)17(14(22)11-20)25-18(19)24/h12-14,16-17,20-22H,3-11H2,1-2H3/t12-,13+,14-,16-,17-,19+/m1/s1. The van der Waals surface area contributed by atoms with Crippen molar-refractivity contribution in [3.05, 3.63) is 0 Å². The Morgan fingerprint density at radius 2 is 1.96 bits per heavy atom. The molecule has 2 saturated heterocycles. The Morgan fingerprint density at radius 1 is 1.30 bits per heavy atom. The van der Waals surface area contributed by atoms with Crippen LogP contribution in [0.2, 0.25) is 0 Å². The van der Waals surface area contributed by atoms with Gasteiger partial charge in [0.25, 0.3) is 0 Å². The number of esters is 2. The summed E-state index contributed by atoms with van der Waals surface area (Å²) in [4.78, 5) is 24.7. The highest BCUT2D eigenvalue weighted by Gasteiger charge is 2.61. The van der Waals surface area contributed by atoms with Crippen molar-refractivity contribution in [3.63, 3.8) is 0 Å². The Kier molecular flexibility index (Phi) is 8.03. The van der Waals surface area contributed by atoms with E-state index in [1.807, 2.05) is 0 Å². The minimum absolute atomic E-state index is 0.156. The Labute approximate surface area is 159 Å². The van der Waals surface area contributed by atoms with Gasteiger partial charge in [-0.1, -0.05) is 46.0 Å². The summed E-state index contributed by atoms with van der Waals surface area (Å²) >= 11 is 0. The highest BCUT2D eigenvalue weighted by Crippen LogP contribution is 2.41. The van der Waals surface area contributed by atoms with Crippen LogP contribution in [0.3, 0.4) is 0 Å². The van der Waals surface area contributed by atoms with Crippen LogP contribution in [-0.2, 0) is 23.8 Å². The summed E-state index contributed by atoms with van der Waals surface area (Å²) in [6, 6.07) is 0. The van der Waals surface area contributed by atoms with Crippen molar-refractivity contribution in [1.82, 2.24) is 0 Å². The van der Waals surface area contributed by atoms with Gasteiger partial charge in [-0.05, 0) is 6.42 Å². The molecule has 2 fully saturated rings. The second kappa shape index (κ2) is 9.82. The number of cyclic esters (lactones) is 1. The largest absolute Gasteiger partial charge is 0.452 e. The van der Waals surface area contributed by atoms with Crippen LogP contribution < -0.4 is 0 Å². The maximum absolute atomic E-state index is 12.5. The predicted molar refractivity (Wildman–Crippen MR) is 94.4 cm³/mol. The Hall–Kier alpha value is -1.22. The van der Waals surface area contributed by atoms with Crippen LogP contribution in [0.5, 0.6) is 0 Å². The molecule has 156 valence electrons. The number of aliphatic hydroxyl groups is 3. The number of ether oxygens (including phenoxy) is 3. The lowest BCUT2D eigenvalue weighted by atomic mass is 9.83. The van der Waals surface area contributed by atoms with E-state index in [2.05, 4.69) is 6.92 Å². The smallest absolute Gasteiger partial charge is 0.380 e. The van der Waals surface area contributed by atoms with E-state index in [4.69, 9.17) is 19.3 Å². The second-order valence-corrected chi connectivity index (χ2v) is 7.58. The van der Waals surface area contributed by atoms with Crippen LogP contribution in [0.15, 0.2) is 0 Å². The van der Waals surface area contributed by atoms with Gasteiger partial charge in [0, 0.05) is 12.3 Å². The maximum atomic E-state index is 12.5. The Balaban J connectivity index is 1.96. The molecule has 0 radical (unpaired) electrons. The van der Waals surface area contributed by atoms with E-state index in [1.54, 1.807) is 6.92 Å². The summed E-state index contributed by atoms with van der Waals surface area (Å²) in [6.45, 7) is 3.20. The third kappa shape index (κ3) is 5.19. The average molecular weight is 388 g/mol. The molecule has 0 amide bonds. The summed E-state index contributed by atoms with van der Waals surface area (Å²) < 4.78 is 16.3. The lowest BCUT2D eigenvalue weighted by molar-refractivity contribution is -0.339. The monoisotopic (exact) mass is 388 g/mol. The molecule has 8 nitrogen and oxygen atoms in total. The summed E-state index contributed by atoms with van der Waals surface area (Å²) in [5, 5.41) is 29.4. The number of carbonyl (C=O) groups excluding carboxylic acids is 2. The molecular weight excluding hydrogens is 356 g/mol. The van der Waals surface area contributed by atoms with Crippen molar-refractivity contribution in [2.24, 2.45) is 5.92 Å². The molecule has 2 aliphatic heterocycles. The molecule has 0 saturated carbocycles. The van der Waals surface area contributed by atoms with Crippen molar-refractivity contribution in [2.75, 3.05) is 6.61 Å². The first kappa shape index (κ1) is 22.1. The minimum Gasteiger partial charge on any atom is -0.452 e. The number of unbranched alkanes of at least 4 members (excludes halogenated alkanes) is 5. The van der Waals surface area contributed by atoms with Crippen LogP contribution in [0.4, 0.5) is 0 Å². The van der Waals surface area contributed by atoms with Gasteiger partial charge in [-0.3, -0.25) is 4.79 Å². The molecule has 0 aromatic heterocycles. The van der Waals surface area contributed by atoms with Gasteiger partial charge >= 0.3 is 17.7 Å². The quantitative estimate of drug-likeness (QED) is 0.375. The summed E-state index contributed by atoms with van der Waals surface area (Å²) in [5.74, 6) is -3.99. The predicted octanol–water partition coefficient (Wildman–Crippen LogP) is 1.04. The number of fused-ring (bicyclic) bond motifs is 2. The average Bonchev–Trinajstić information content (AvgIpc) is 2.64. The first-order chi connectivity index (χ1) is 12.8. The third-order valence-corrected chi connectivity index (χ3v) is 5.39. The summed E-state index contributed by atoms with van der Waals surface area (Å²) in [5.41, 5.74) is 0. The van der Waals surface area contributed by atoms with Gasteiger partial charge in [-0.2, -0.15) is 0 Å². The molecule has 3 N–H and O–H groups in total. The number of hydrogen-bond donors (Lipinski definition) is 3. The first-order valence-electron chi connectivity index (χ1n) is 9.92. The van der Waals surface area contributed by atoms with Crippen molar-refractivity contribution >= 4 is 11.9 Å². The van der Waals surface area contributed by atoms with Gasteiger partial charge in [0.2, 0.25) is 0 Å². The highest BCUT2D eigenvalue weighted by molar-refractivity contribution is 5.83. The van der Waals surface area contributed by atoms with E-state index in [1.165, 1.54) is 6.42 Å². The molecule has 0 spiro atoms. The normalized spacial score (nSPS) is 34.0. The fourth-order valence-corrected chi connectivity index (χ4v) is 3.63. The molecule has 27 heavy (non-hydrogen) atoms. The SMILES string of the molecule is CCCCCCCCC(=O)O[C@@]12C[C@H](O)[C@@H](C)[C@@H](O1)[C@@H]([C@H](O)CO)OC2=O. The van der Waals surface area contributed by atoms with E-state index >= 15 is 0 Å². The summed E-state index contributed by atoms with van der Waals surface area (Å²) in [6.07, 6.45) is 1.68. The van der Waals surface area contributed by atoms with Crippen LogP contribution in [0.1, 0.15) is 65.2 Å². The molecule has 0 aromatic carbocycles. The fraction of sp³-hybridized carbons (Fsp3) is 0.895. The van der Waals surface area contributed by atoms with Crippen molar-refractivity contribution in [1.29, 1.82) is 0 Å². The van der Waals surface area contributed by atoms with Crippen molar-refractivity contribution < 1.29 is 39.1 Å². The van der Waals surface area contributed by atoms with E-state index in [0.29, 0.717) is 6.42 Å². The van der Waals surface area contributed by atoms with Gasteiger partial charge in [-0.15, -0.1) is 0 Å². The van der Waals surface area contributed by atoms with Crippen molar-refractivity contribution in [3.8, 4) is 0 Å². The van der Waals surface area contributed by atoms with Crippen LogP contribution in [0.25, 0.3) is 0 Å². The highest BCUT2D eigenvalue weighted by atomic mass is 16.8. The second-order valence-electron chi connectivity index (χ2n) is 7.58. The molecule has 6 atom stereocenters. The zero-order chi connectivity index (χ0) is 20.0. The van der Waals surface area contributed by atoms with Gasteiger partial charge in [-0.25, -0.2) is 4.79 Å². The molecule has 0 unspecified atom stereocenters. The molecule has 2 aliphatic rings. The van der Waals surface area contributed by atoms with Gasteiger partial charge in [0.05, 0.1) is 19.1 Å². The number of carbonyl (C=O) groups is 2.